The molecule has 2 aromatic carbocycles. The lowest BCUT2D eigenvalue weighted by Crippen LogP contribution is -2.15. The molecule has 0 unspecified atom stereocenters. The molecule has 0 aromatic heterocycles. The van der Waals surface area contributed by atoms with Gasteiger partial charge >= 0.3 is 0 Å². The maximum absolute atomic E-state index is 11.8. The summed E-state index contributed by atoms with van der Waals surface area (Å²) in [6, 6.07) is 14.8. The van der Waals surface area contributed by atoms with Crippen LogP contribution >= 0.6 is 0 Å². The van der Waals surface area contributed by atoms with E-state index in [2.05, 4.69) is 5.32 Å². The first-order valence-corrected chi connectivity index (χ1v) is 6.49. The number of amides is 1. The monoisotopic (exact) mass is 270 g/mol. The van der Waals surface area contributed by atoms with Crippen LogP contribution in [0.3, 0.4) is 0 Å². The summed E-state index contributed by atoms with van der Waals surface area (Å²) in [6.07, 6.45) is 0.295. The van der Waals surface area contributed by atoms with Gasteiger partial charge < -0.3 is 15.8 Å². The van der Waals surface area contributed by atoms with E-state index in [4.69, 9.17) is 10.5 Å². The van der Waals surface area contributed by atoms with Gasteiger partial charge in [-0.3, -0.25) is 4.79 Å². The van der Waals surface area contributed by atoms with Crippen LogP contribution in [0, 0.1) is 6.92 Å². The summed E-state index contributed by atoms with van der Waals surface area (Å²) < 4.78 is 5.58. The fourth-order valence-electron chi connectivity index (χ4n) is 1.81. The number of benzene rings is 2. The lowest BCUT2D eigenvalue weighted by molar-refractivity contribution is -0.116. The molecule has 2 rings (SSSR count). The zero-order valence-corrected chi connectivity index (χ0v) is 11.4. The number of para-hydroxylation sites is 1. The minimum atomic E-state index is -0.0933. The highest BCUT2D eigenvalue weighted by Crippen LogP contribution is 2.16. The molecule has 0 fully saturated rings. The van der Waals surface area contributed by atoms with Crippen molar-refractivity contribution in [2.24, 2.45) is 0 Å². The number of anilines is 2. The van der Waals surface area contributed by atoms with Crippen molar-refractivity contribution in [3.63, 3.8) is 0 Å². The Morgan fingerprint density at radius 2 is 2.00 bits per heavy atom. The van der Waals surface area contributed by atoms with Crippen molar-refractivity contribution in [1.29, 1.82) is 0 Å². The van der Waals surface area contributed by atoms with Crippen LogP contribution in [0.25, 0.3) is 0 Å². The highest BCUT2D eigenvalue weighted by atomic mass is 16.5. The average molecular weight is 270 g/mol. The molecule has 1 amide bonds. The van der Waals surface area contributed by atoms with Gasteiger partial charge in [0, 0.05) is 11.4 Å². The third-order valence-electron chi connectivity index (χ3n) is 2.85. The Bertz CT molecular complexity index is 597. The molecule has 0 saturated carbocycles. The average Bonchev–Trinajstić information content (AvgIpc) is 2.41. The van der Waals surface area contributed by atoms with Gasteiger partial charge in [-0.25, -0.2) is 0 Å². The fraction of sp³-hybridized carbons (Fsp3) is 0.188. The van der Waals surface area contributed by atoms with E-state index in [1.165, 1.54) is 0 Å². The van der Waals surface area contributed by atoms with Crippen molar-refractivity contribution < 1.29 is 9.53 Å². The van der Waals surface area contributed by atoms with Crippen molar-refractivity contribution in [1.82, 2.24) is 0 Å². The van der Waals surface area contributed by atoms with E-state index in [0.29, 0.717) is 24.4 Å². The Labute approximate surface area is 118 Å². The number of carbonyl (C=O) groups is 1. The predicted octanol–water partition coefficient (Wildman–Crippen LogP) is 2.98. The van der Waals surface area contributed by atoms with Crippen molar-refractivity contribution in [2.75, 3.05) is 17.7 Å². The summed E-state index contributed by atoms with van der Waals surface area (Å²) in [4.78, 5) is 11.8. The van der Waals surface area contributed by atoms with Crippen LogP contribution in [0.15, 0.2) is 48.5 Å². The van der Waals surface area contributed by atoms with E-state index in [-0.39, 0.29) is 5.91 Å². The van der Waals surface area contributed by atoms with Crippen LogP contribution in [0.1, 0.15) is 12.0 Å². The summed E-state index contributed by atoms with van der Waals surface area (Å²) in [7, 11) is 0. The number of ether oxygens (including phenoxy) is 1. The standard InChI is InChI=1S/C16H18N2O2/c1-12-5-2-3-8-15(12)20-10-9-16(19)18-14-7-4-6-13(17)11-14/h2-8,11H,9-10,17H2,1H3,(H,18,19). The Balaban J connectivity index is 1.80. The first-order valence-electron chi connectivity index (χ1n) is 6.49. The summed E-state index contributed by atoms with van der Waals surface area (Å²) in [5, 5.41) is 2.78. The second-order valence-electron chi connectivity index (χ2n) is 4.54. The lowest BCUT2D eigenvalue weighted by atomic mass is 10.2. The third kappa shape index (κ3) is 4.02. The molecule has 0 atom stereocenters. The maximum Gasteiger partial charge on any atom is 0.227 e. The Hall–Kier alpha value is -2.49. The molecule has 0 heterocycles. The molecule has 0 saturated heterocycles. The molecule has 4 nitrogen and oxygen atoms in total. The molecule has 0 aliphatic rings. The second kappa shape index (κ2) is 6.61. The van der Waals surface area contributed by atoms with Crippen LogP contribution in [0.5, 0.6) is 5.75 Å². The van der Waals surface area contributed by atoms with Gasteiger partial charge in [0.1, 0.15) is 5.75 Å². The van der Waals surface area contributed by atoms with Crippen molar-refractivity contribution in [3.8, 4) is 5.75 Å². The lowest BCUT2D eigenvalue weighted by Gasteiger charge is -2.09. The first kappa shape index (κ1) is 13.9. The van der Waals surface area contributed by atoms with E-state index in [9.17, 15) is 4.79 Å². The van der Waals surface area contributed by atoms with Crippen molar-refractivity contribution in [3.05, 3.63) is 54.1 Å². The highest BCUT2D eigenvalue weighted by molar-refractivity contribution is 5.91. The minimum absolute atomic E-state index is 0.0933. The van der Waals surface area contributed by atoms with Gasteiger partial charge in [-0.05, 0) is 36.8 Å². The largest absolute Gasteiger partial charge is 0.493 e. The van der Waals surface area contributed by atoms with Gasteiger partial charge in [-0.15, -0.1) is 0 Å². The Morgan fingerprint density at radius 3 is 2.75 bits per heavy atom. The van der Waals surface area contributed by atoms with E-state index in [1.54, 1.807) is 24.3 Å². The number of nitrogen functional groups attached to an aromatic ring is 1. The van der Waals surface area contributed by atoms with E-state index in [0.717, 1.165) is 11.3 Å². The minimum Gasteiger partial charge on any atom is -0.493 e. The molecule has 0 aliphatic heterocycles. The molecule has 3 N–H and O–H groups in total. The van der Waals surface area contributed by atoms with Gasteiger partial charge in [0.2, 0.25) is 5.91 Å². The second-order valence-corrected chi connectivity index (χ2v) is 4.54. The first-order chi connectivity index (χ1) is 9.65. The van der Waals surface area contributed by atoms with Crippen LogP contribution in [0.4, 0.5) is 11.4 Å². The molecular formula is C16H18N2O2. The number of aryl methyl sites for hydroxylation is 1. The molecule has 4 heteroatoms. The number of nitrogens with two attached hydrogens (primary N) is 1. The molecule has 2 aromatic rings. The van der Waals surface area contributed by atoms with Crippen LogP contribution in [0.2, 0.25) is 0 Å². The number of rotatable bonds is 5. The molecule has 20 heavy (non-hydrogen) atoms. The molecule has 0 spiro atoms. The van der Waals surface area contributed by atoms with E-state index >= 15 is 0 Å². The topological polar surface area (TPSA) is 64.3 Å². The fourth-order valence-corrected chi connectivity index (χ4v) is 1.81. The predicted molar refractivity (Wildman–Crippen MR) is 80.8 cm³/mol. The smallest absolute Gasteiger partial charge is 0.227 e. The van der Waals surface area contributed by atoms with Crippen molar-refractivity contribution >= 4 is 17.3 Å². The number of nitrogens with one attached hydrogen (secondary N) is 1. The van der Waals surface area contributed by atoms with E-state index < -0.39 is 0 Å². The normalized spacial score (nSPS) is 10.1. The number of hydrogen-bond donors (Lipinski definition) is 2. The van der Waals surface area contributed by atoms with Gasteiger partial charge in [-0.2, -0.15) is 0 Å². The van der Waals surface area contributed by atoms with Crippen molar-refractivity contribution in [2.45, 2.75) is 13.3 Å². The van der Waals surface area contributed by atoms with E-state index in [1.807, 2.05) is 31.2 Å². The molecule has 104 valence electrons. The summed E-state index contributed by atoms with van der Waals surface area (Å²) >= 11 is 0. The van der Waals surface area contributed by atoms with Gasteiger partial charge in [0.15, 0.2) is 0 Å². The summed E-state index contributed by atoms with van der Waals surface area (Å²) in [5.41, 5.74) is 8.03. The van der Waals surface area contributed by atoms with Gasteiger partial charge in [-0.1, -0.05) is 24.3 Å². The zero-order chi connectivity index (χ0) is 14.4. The Kier molecular flexibility index (Phi) is 4.60. The number of hydrogen-bond acceptors (Lipinski definition) is 3. The molecule has 0 bridgehead atoms. The molecular weight excluding hydrogens is 252 g/mol. The number of carbonyl (C=O) groups excluding carboxylic acids is 1. The zero-order valence-electron chi connectivity index (χ0n) is 11.4. The Morgan fingerprint density at radius 1 is 1.20 bits per heavy atom. The summed E-state index contributed by atoms with van der Waals surface area (Å²) in [5.74, 6) is 0.716. The maximum atomic E-state index is 11.8. The van der Waals surface area contributed by atoms with Gasteiger partial charge in [0.25, 0.3) is 0 Å². The molecule has 0 radical (unpaired) electrons. The van der Waals surface area contributed by atoms with Crippen LogP contribution < -0.4 is 15.8 Å². The van der Waals surface area contributed by atoms with Crippen LogP contribution in [-0.2, 0) is 4.79 Å². The summed E-state index contributed by atoms with van der Waals surface area (Å²) in [6.45, 7) is 2.32. The molecule has 0 aliphatic carbocycles. The SMILES string of the molecule is Cc1ccccc1OCCC(=O)Nc1cccc(N)c1. The van der Waals surface area contributed by atoms with Gasteiger partial charge in [0.05, 0.1) is 13.0 Å². The highest BCUT2D eigenvalue weighted by Gasteiger charge is 2.04. The quantitative estimate of drug-likeness (QED) is 0.821. The van der Waals surface area contributed by atoms with Crippen LogP contribution in [-0.4, -0.2) is 12.5 Å². The third-order valence-corrected chi connectivity index (χ3v) is 2.85.